The first-order valence-corrected chi connectivity index (χ1v) is 9.01. The molecule has 0 spiro atoms. The van der Waals surface area contributed by atoms with Gasteiger partial charge in [-0.1, -0.05) is 30.3 Å². The van der Waals surface area contributed by atoms with Crippen molar-refractivity contribution in [2.24, 2.45) is 0 Å². The van der Waals surface area contributed by atoms with Crippen LogP contribution >= 0.6 is 11.3 Å². The van der Waals surface area contributed by atoms with Gasteiger partial charge in [0.25, 0.3) is 0 Å². The van der Waals surface area contributed by atoms with Gasteiger partial charge in [-0.3, -0.25) is 4.79 Å². The first kappa shape index (κ1) is 18.2. The lowest BCUT2D eigenvalue weighted by atomic mass is 10.1. The minimum absolute atomic E-state index is 0.196. The lowest BCUT2D eigenvalue weighted by Crippen LogP contribution is -2.26. The van der Waals surface area contributed by atoms with Crippen molar-refractivity contribution in [3.63, 3.8) is 0 Å². The van der Waals surface area contributed by atoms with Crippen LogP contribution in [0.5, 0.6) is 0 Å². The third-order valence-electron chi connectivity index (χ3n) is 3.83. The number of benzene rings is 2. The average molecular weight is 370 g/mol. The smallest absolute Gasteiger partial charge is 0.217 e. The summed E-state index contributed by atoms with van der Waals surface area (Å²) in [5, 5.41) is 5.50. The molecule has 1 N–H and O–H groups in total. The molecule has 0 aliphatic heterocycles. The monoisotopic (exact) mass is 370 g/mol. The number of nitrogens with one attached hydrogen (secondary N) is 1. The van der Waals surface area contributed by atoms with E-state index in [4.69, 9.17) is 4.74 Å². The van der Waals surface area contributed by atoms with E-state index in [2.05, 4.69) is 10.3 Å². The van der Waals surface area contributed by atoms with Crippen LogP contribution in [-0.2, 0) is 16.1 Å². The van der Waals surface area contributed by atoms with Crippen LogP contribution in [0.4, 0.5) is 4.39 Å². The average Bonchev–Trinajstić information content (AvgIpc) is 3.10. The Kier molecular flexibility index (Phi) is 5.75. The molecule has 1 heterocycles. The molecular formula is C20H19FN2O2S. The number of carbonyl (C=O) groups is 1. The van der Waals surface area contributed by atoms with Crippen molar-refractivity contribution in [3.8, 4) is 11.3 Å². The number of ether oxygens (including phenoxy) is 1. The second-order valence-corrected chi connectivity index (χ2v) is 6.78. The van der Waals surface area contributed by atoms with Gasteiger partial charge in [-0.2, -0.15) is 0 Å². The molecule has 0 aliphatic carbocycles. The summed E-state index contributed by atoms with van der Waals surface area (Å²) in [5.41, 5.74) is 3.51. The quantitative estimate of drug-likeness (QED) is 0.703. The van der Waals surface area contributed by atoms with Gasteiger partial charge in [0.1, 0.15) is 16.9 Å². The lowest BCUT2D eigenvalue weighted by Gasteiger charge is -2.16. The van der Waals surface area contributed by atoms with E-state index in [0.29, 0.717) is 17.2 Å². The van der Waals surface area contributed by atoms with Crippen molar-refractivity contribution >= 4 is 17.2 Å². The molecule has 0 aliphatic rings. The molecule has 1 unspecified atom stereocenters. The van der Waals surface area contributed by atoms with Crippen molar-refractivity contribution in [2.75, 3.05) is 7.11 Å². The maximum atomic E-state index is 13.6. The van der Waals surface area contributed by atoms with Crippen LogP contribution in [0.1, 0.15) is 29.1 Å². The molecule has 1 atom stereocenters. The molecule has 0 bridgehead atoms. The SMILES string of the molecule is COCc1cccc(-c2csc(C(NC(C)=O)c3cccc(F)c3)n2)c1. The van der Waals surface area contributed by atoms with Crippen LogP contribution in [0.3, 0.4) is 0 Å². The number of aromatic nitrogens is 1. The van der Waals surface area contributed by atoms with E-state index in [1.165, 1.54) is 30.4 Å². The Balaban J connectivity index is 1.94. The summed E-state index contributed by atoms with van der Waals surface area (Å²) in [6, 6.07) is 13.7. The van der Waals surface area contributed by atoms with E-state index in [9.17, 15) is 9.18 Å². The molecule has 134 valence electrons. The topological polar surface area (TPSA) is 51.2 Å². The fourth-order valence-corrected chi connectivity index (χ4v) is 3.62. The van der Waals surface area contributed by atoms with Crippen LogP contribution in [0.2, 0.25) is 0 Å². The molecule has 0 saturated heterocycles. The fraction of sp³-hybridized carbons (Fsp3) is 0.200. The van der Waals surface area contributed by atoms with Crippen LogP contribution in [0, 0.1) is 5.82 Å². The van der Waals surface area contributed by atoms with Gasteiger partial charge in [0.2, 0.25) is 5.91 Å². The van der Waals surface area contributed by atoms with Gasteiger partial charge in [0.05, 0.1) is 12.3 Å². The molecule has 26 heavy (non-hydrogen) atoms. The number of thiazole rings is 1. The van der Waals surface area contributed by atoms with Gasteiger partial charge in [0.15, 0.2) is 0 Å². The van der Waals surface area contributed by atoms with Crippen molar-refractivity contribution in [2.45, 2.75) is 19.6 Å². The van der Waals surface area contributed by atoms with Gasteiger partial charge in [-0.05, 0) is 29.3 Å². The predicted octanol–water partition coefficient (Wildman–Crippen LogP) is 4.32. The van der Waals surface area contributed by atoms with E-state index >= 15 is 0 Å². The highest BCUT2D eigenvalue weighted by Gasteiger charge is 2.20. The molecule has 3 aromatic rings. The van der Waals surface area contributed by atoms with Gasteiger partial charge in [-0.25, -0.2) is 9.37 Å². The Hall–Kier alpha value is -2.57. The summed E-state index contributed by atoms with van der Waals surface area (Å²) in [6.07, 6.45) is 0. The van der Waals surface area contributed by atoms with Crippen LogP contribution in [0.25, 0.3) is 11.3 Å². The standard InChI is InChI=1S/C20H19FN2O2S/c1-13(24)22-19(16-7-4-8-17(21)10-16)20-23-18(12-26-20)15-6-3-5-14(9-15)11-25-2/h3-10,12,19H,11H2,1-2H3,(H,22,24). The zero-order chi connectivity index (χ0) is 18.5. The largest absolute Gasteiger partial charge is 0.380 e. The van der Waals surface area contributed by atoms with Crippen LogP contribution in [-0.4, -0.2) is 18.0 Å². The molecule has 3 rings (SSSR count). The molecule has 1 aromatic heterocycles. The maximum Gasteiger partial charge on any atom is 0.217 e. The molecule has 1 amide bonds. The first-order valence-electron chi connectivity index (χ1n) is 8.13. The Morgan fingerprint density at radius 1 is 1.27 bits per heavy atom. The third kappa shape index (κ3) is 4.33. The van der Waals surface area contributed by atoms with Crippen molar-refractivity contribution in [3.05, 3.63) is 75.9 Å². The number of nitrogens with zero attached hydrogens (tertiary/aromatic N) is 1. The number of rotatable bonds is 6. The number of hydrogen-bond acceptors (Lipinski definition) is 4. The van der Waals surface area contributed by atoms with E-state index < -0.39 is 6.04 Å². The van der Waals surface area contributed by atoms with Gasteiger partial charge < -0.3 is 10.1 Å². The molecule has 0 saturated carbocycles. The Morgan fingerprint density at radius 3 is 2.81 bits per heavy atom. The Labute approximate surface area is 155 Å². The fourth-order valence-electron chi connectivity index (χ4n) is 2.72. The van der Waals surface area contributed by atoms with Crippen molar-refractivity contribution < 1.29 is 13.9 Å². The Morgan fingerprint density at radius 2 is 2.08 bits per heavy atom. The Bertz CT molecular complexity index is 910. The normalized spacial score (nSPS) is 12.0. The highest BCUT2D eigenvalue weighted by atomic mass is 32.1. The molecule has 6 heteroatoms. The highest BCUT2D eigenvalue weighted by Crippen LogP contribution is 2.30. The summed E-state index contributed by atoms with van der Waals surface area (Å²) >= 11 is 1.43. The third-order valence-corrected chi connectivity index (χ3v) is 4.74. The van der Waals surface area contributed by atoms with Crippen molar-refractivity contribution in [1.29, 1.82) is 0 Å². The highest BCUT2D eigenvalue weighted by molar-refractivity contribution is 7.10. The van der Waals surface area contributed by atoms with E-state index in [0.717, 1.165) is 16.8 Å². The summed E-state index contributed by atoms with van der Waals surface area (Å²) < 4.78 is 18.8. The van der Waals surface area contributed by atoms with Crippen LogP contribution in [0.15, 0.2) is 53.9 Å². The maximum absolute atomic E-state index is 13.6. The van der Waals surface area contributed by atoms with E-state index in [-0.39, 0.29) is 11.7 Å². The number of amides is 1. The minimum Gasteiger partial charge on any atom is -0.380 e. The molecule has 0 fully saturated rings. The predicted molar refractivity (Wildman–Crippen MR) is 100 cm³/mol. The van der Waals surface area contributed by atoms with E-state index in [1.54, 1.807) is 19.2 Å². The zero-order valence-corrected chi connectivity index (χ0v) is 15.3. The zero-order valence-electron chi connectivity index (χ0n) is 14.5. The molecular weight excluding hydrogens is 351 g/mol. The van der Waals surface area contributed by atoms with Gasteiger partial charge >= 0.3 is 0 Å². The first-order chi connectivity index (χ1) is 12.6. The number of methoxy groups -OCH3 is 1. The molecule has 0 radical (unpaired) electrons. The number of carbonyl (C=O) groups excluding carboxylic acids is 1. The van der Waals surface area contributed by atoms with E-state index in [1.807, 2.05) is 29.6 Å². The second kappa shape index (κ2) is 8.21. The molecule has 2 aromatic carbocycles. The van der Waals surface area contributed by atoms with Gasteiger partial charge in [-0.15, -0.1) is 11.3 Å². The summed E-state index contributed by atoms with van der Waals surface area (Å²) in [6.45, 7) is 1.97. The summed E-state index contributed by atoms with van der Waals surface area (Å²) in [7, 11) is 1.66. The number of hydrogen-bond donors (Lipinski definition) is 1. The second-order valence-electron chi connectivity index (χ2n) is 5.89. The molecule has 4 nitrogen and oxygen atoms in total. The van der Waals surface area contributed by atoms with Gasteiger partial charge in [0, 0.05) is 25.0 Å². The van der Waals surface area contributed by atoms with Crippen LogP contribution < -0.4 is 5.32 Å². The number of halogens is 1. The summed E-state index contributed by atoms with van der Waals surface area (Å²) in [5.74, 6) is -0.542. The lowest BCUT2D eigenvalue weighted by molar-refractivity contribution is -0.119. The summed E-state index contributed by atoms with van der Waals surface area (Å²) in [4.78, 5) is 16.3. The van der Waals surface area contributed by atoms with Crippen molar-refractivity contribution in [1.82, 2.24) is 10.3 Å². The minimum atomic E-state index is -0.482.